The molecule has 4 aromatic rings. The summed E-state index contributed by atoms with van der Waals surface area (Å²) in [6.07, 6.45) is 1.14. The predicted molar refractivity (Wildman–Crippen MR) is 97.3 cm³/mol. The number of aromatic amines is 2. The Bertz CT molecular complexity index is 1190. The van der Waals surface area contributed by atoms with Crippen LogP contribution < -0.4 is 11.3 Å². The third kappa shape index (κ3) is 3.29. The van der Waals surface area contributed by atoms with E-state index in [0.717, 1.165) is 0 Å². The number of nitrogen functional groups attached to an aromatic ring is 1. The first kappa shape index (κ1) is 18.9. The maximum atomic E-state index is 11.5. The van der Waals surface area contributed by atoms with Crippen LogP contribution in [0.25, 0.3) is 22.3 Å². The second kappa shape index (κ2) is 7.51. The number of fused-ring (bicyclic) bond motifs is 2. The maximum absolute atomic E-state index is 11.5. The van der Waals surface area contributed by atoms with Crippen molar-refractivity contribution in [2.45, 2.75) is 24.5 Å². The third-order valence-corrected chi connectivity index (χ3v) is 4.41. The number of aliphatic hydroxyl groups excluding tert-OH is 3. The zero-order chi connectivity index (χ0) is 20.5. The van der Waals surface area contributed by atoms with Gasteiger partial charge in [0.2, 0.25) is 0 Å². The van der Waals surface area contributed by atoms with Gasteiger partial charge in [0.05, 0.1) is 25.6 Å². The van der Waals surface area contributed by atoms with Crippen molar-refractivity contribution in [1.29, 1.82) is 0 Å². The van der Waals surface area contributed by atoms with Crippen LogP contribution in [-0.4, -0.2) is 79.7 Å². The summed E-state index contributed by atoms with van der Waals surface area (Å²) in [5, 5.41) is 28.6. The number of H-pyrrole nitrogens is 2. The SMILES string of the molecule is Nc1ncnc2nc[nH]c12.O=c1[nH]cnc2c1ncn2[C@@H]1O[C@H](CO)[C@@H](O)[C@H]1O. The van der Waals surface area contributed by atoms with Crippen LogP contribution in [0.1, 0.15) is 6.23 Å². The maximum Gasteiger partial charge on any atom is 0.278 e. The summed E-state index contributed by atoms with van der Waals surface area (Å²) in [7, 11) is 0. The Hall–Kier alpha value is -3.46. The first-order valence-electron chi connectivity index (χ1n) is 8.43. The zero-order valence-electron chi connectivity index (χ0n) is 14.7. The second-order valence-electron chi connectivity index (χ2n) is 6.14. The van der Waals surface area contributed by atoms with E-state index in [4.69, 9.17) is 15.6 Å². The molecule has 0 spiro atoms. The van der Waals surface area contributed by atoms with Crippen molar-refractivity contribution in [3.8, 4) is 0 Å². The highest BCUT2D eigenvalue weighted by molar-refractivity contribution is 5.80. The number of ether oxygens (including phenoxy) is 1. The van der Waals surface area contributed by atoms with Crippen LogP contribution in [-0.2, 0) is 4.74 Å². The van der Waals surface area contributed by atoms with Crippen molar-refractivity contribution in [3.05, 3.63) is 35.7 Å². The van der Waals surface area contributed by atoms with Crippen LogP contribution in [0.15, 0.2) is 30.1 Å². The Morgan fingerprint density at radius 2 is 1.90 bits per heavy atom. The minimum absolute atomic E-state index is 0.111. The van der Waals surface area contributed by atoms with E-state index < -0.39 is 36.7 Å². The fourth-order valence-electron chi connectivity index (χ4n) is 2.94. The molecule has 0 radical (unpaired) electrons. The lowest BCUT2D eigenvalue weighted by molar-refractivity contribution is -0.0511. The molecular weight excluding hydrogens is 386 g/mol. The van der Waals surface area contributed by atoms with Crippen molar-refractivity contribution in [1.82, 2.24) is 39.5 Å². The molecule has 4 aromatic heterocycles. The quantitative estimate of drug-likeness (QED) is 0.209. The summed E-state index contributed by atoms with van der Waals surface area (Å²) in [4.78, 5) is 36.1. The van der Waals surface area contributed by atoms with E-state index in [-0.39, 0.29) is 11.2 Å². The number of nitrogens with zero attached hydrogens (tertiary/aromatic N) is 6. The van der Waals surface area contributed by atoms with Crippen molar-refractivity contribution < 1.29 is 20.1 Å². The lowest BCUT2D eigenvalue weighted by Crippen LogP contribution is -2.33. The molecule has 0 bridgehead atoms. The Morgan fingerprint density at radius 3 is 2.62 bits per heavy atom. The number of rotatable bonds is 2. The van der Waals surface area contributed by atoms with Gasteiger partial charge in [0.15, 0.2) is 28.9 Å². The van der Waals surface area contributed by atoms with E-state index in [1.165, 1.54) is 29.9 Å². The van der Waals surface area contributed by atoms with E-state index >= 15 is 0 Å². The monoisotopic (exact) mass is 403 g/mol. The largest absolute Gasteiger partial charge is 0.394 e. The minimum atomic E-state index is -1.24. The number of nitrogens with one attached hydrogen (secondary N) is 2. The third-order valence-electron chi connectivity index (χ3n) is 4.41. The van der Waals surface area contributed by atoms with E-state index in [0.29, 0.717) is 17.0 Å². The highest BCUT2D eigenvalue weighted by Gasteiger charge is 2.43. The molecule has 0 aromatic carbocycles. The Labute approximate surface area is 161 Å². The number of imidazole rings is 2. The van der Waals surface area contributed by atoms with Gasteiger partial charge in [0, 0.05) is 0 Å². The van der Waals surface area contributed by atoms with Gasteiger partial charge < -0.3 is 35.8 Å². The normalized spacial score (nSPS) is 24.0. The van der Waals surface area contributed by atoms with Gasteiger partial charge in [-0.25, -0.2) is 24.9 Å². The summed E-state index contributed by atoms with van der Waals surface area (Å²) in [6, 6.07) is 0. The Balaban J connectivity index is 0.000000171. The van der Waals surface area contributed by atoms with Crippen molar-refractivity contribution in [2.24, 2.45) is 0 Å². The van der Waals surface area contributed by atoms with Gasteiger partial charge in [-0.3, -0.25) is 9.36 Å². The van der Waals surface area contributed by atoms with Crippen LogP contribution in [0.5, 0.6) is 0 Å². The van der Waals surface area contributed by atoms with Crippen molar-refractivity contribution >= 4 is 28.1 Å². The smallest absolute Gasteiger partial charge is 0.278 e. The molecule has 1 saturated heterocycles. The van der Waals surface area contributed by atoms with Gasteiger partial charge in [-0.2, -0.15) is 0 Å². The molecule has 1 aliphatic rings. The van der Waals surface area contributed by atoms with Gasteiger partial charge >= 0.3 is 0 Å². The van der Waals surface area contributed by atoms with Crippen LogP contribution >= 0.6 is 0 Å². The summed E-state index contributed by atoms with van der Waals surface area (Å²) < 4.78 is 6.70. The summed E-state index contributed by atoms with van der Waals surface area (Å²) >= 11 is 0. The summed E-state index contributed by atoms with van der Waals surface area (Å²) in [6.45, 7) is -0.421. The van der Waals surface area contributed by atoms with Crippen molar-refractivity contribution in [2.75, 3.05) is 12.3 Å². The number of aromatic nitrogens is 8. The molecular formula is C15H17N9O5. The Kier molecular flexibility index (Phi) is 4.89. The van der Waals surface area contributed by atoms with Crippen LogP contribution in [0.4, 0.5) is 5.82 Å². The molecule has 14 heteroatoms. The molecule has 5 rings (SSSR count). The standard InChI is InChI=1S/C10H12N4O5.C5H5N5/c15-1-4-6(16)7(17)10(19-4)14-3-13-5-8(14)11-2-12-9(5)18;6-4-3-5(9-1-7-3)10-2-8-4/h2-4,6-7,10,15-17H,1H2,(H,11,12,18);1-2H,(H3,6,7,8,9,10)/t4-,6-,7-,10-;/m1./s1. The molecule has 0 saturated carbocycles. The number of aliphatic hydroxyl groups is 3. The lowest BCUT2D eigenvalue weighted by Gasteiger charge is -2.16. The molecule has 1 fully saturated rings. The first-order chi connectivity index (χ1) is 14.0. The molecule has 152 valence electrons. The van der Waals surface area contributed by atoms with E-state index in [2.05, 4.69) is 34.9 Å². The molecule has 7 N–H and O–H groups in total. The molecule has 29 heavy (non-hydrogen) atoms. The van der Waals surface area contributed by atoms with Gasteiger partial charge in [0.1, 0.15) is 30.2 Å². The number of hydrogen-bond acceptors (Lipinski definition) is 11. The van der Waals surface area contributed by atoms with E-state index in [9.17, 15) is 15.0 Å². The molecule has 5 heterocycles. The lowest BCUT2D eigenvalue weighted by atomic mass is 10.1. The Morgan fingerprint density at radius 1 is 1.10 bits per heavy atom. The average Bonchev–Trinajstić information content (AvgIpc) is 3.42. The molecule has 4 atom stereocenters. The minimum Gasteiger partial charge on any atom is -0.394 e. The van der Waals surface area contributed by atoms with Crippen molar-refractivity contribution in [3.63, 3.8) is 0 Å². The highest BCUT2D eigenvalue weighted by atomic mass is 16.6. The zero-order valence-corrected chi connectivity index (χ0v) is 14.7. The first-order valence-corrected chi connectivity index (χ1v) is 8.43. The van der Waals surface area contributed by atoms with Gasteiger partial charge in [-0.05, 0) is 0 Å². The molecule has 14 nitrogen and oxygen atoms in total. The van der Waals surface area contributed by atoms with Crippen LogP contribution in [0.2, 0.25) is 0 Å². The highest BCUT2D eigenvalue weighted by Crippen LogP contribution is 2.30. The fraction of sp³-hybridized carbons (Fsp3) is 0.333. The summed E-state index contributed by atoms with van der Waals surface area (Å²) in [5.41, 5.74) is 6.72. The molecule has 0 unspecified atom stereocenters. The summed E-state index contributed by atoms with van der Waals surface area (Å²) in [5.74, 6) is 0.433. The van der Waals surface area contributed by atoms with E-state index in [1.807, 2.05) is 0 Å². The topological polar surface area (TPSA) is 214 Å². The van der Waals surface area contributed by atoms with Gasteiger partial charge in [-0.15, -0.1) is 0 Å². The number of nitrogens with two attached hydrogens (primary N) is 1. The predicted octanol–water partition coefficient (Wildman–Crippen LogP) is -2.33. The van der Waals surface area contributed by atoms with Gasteiger partial charge in [-0.1, -0.05) is 0 Å². The number of anilines is 1. The average molecular weight is 403 g/mol. The molecule has 0 amide bonds. The van der Waals surface area contributed by atoms with Gasteiger partial charge in [0.25, 0.3) is 5.56 Å². The van der Waals surface area contributed by atoms with E-state index in [1.54, 1.807) is 0 Å². The van der Waals surface area contributed by atoms with Crippen LogP contribution in [0, 0.1) is 0 Å². The molecule has 0 aliphatic carbocycles. The number of hydrogen-bond donors (Lipinski definition) is 6. The second-order valence-corrected chi connectivity index (χ2v) is 6.14. The molecule has 1 aliphatic heterocycles. The fourth-order valence-corrected chi connectivity index (χ4v) is 2.94. The van der Waals surface area contributed by atoms with Crippen LogP contribution in [0.3, 0.4) is 0 Å².